The van der Waals surface area contributed by atoms with Crippen molar-refractivity contribution < 1.29 is 29.1 Å². The van der Waals surface area contributed by atoms with Gasteiger partial charge in [0.25, 0.3) is 0 Å². The zero-order valence-corrected chi connectivity index (χ0v) is 15.5. The normalized spacial score (nSPS) is 14.8. The van der Waals surface area contributed by atoms with Crippen LogP contribution in [0.4, 0.5) is 30.8 Å². The van der Waals surface area contributed by atoms with Gasteiger partial charge in [0.1, 0.15) is 0 Å². The first-order valence-corrected chi connectivity index (χ1v) is 9.62. The summed E-state index contributed by atoms with van der Waals surface area (Å²) < 4.78 is 63.1. The Kier molecular flexibility index (Phi) is 4.84. The molecule has 27 heavy (non-hydrogen) atoms. The molecule has 0 atom stereocenters. The van der Waals surface area contributed by atoms with Gasteiger partial charge < -0.3 is 0 Å². The van der Waals surface area contributed by atoms with Crippen molar-refractivity contribution in [2.24, 2.45) is 4.99 Å². The van der Waals surface area contributed by atoms with Crippen LogP contribution in [0.2, 0.25) is 0 Å². The zero-order chi connectivity index (χ0) is 20.5. The van der Waals surface area contributed by atoms with E-state index in [1.54, 1.807) is 0 Å². The molecular weight excluding hydrogens is 464 g/mol. The molecule has 0 aliphatic rings. The topological polar surface area (TPSA) is 84.6 Å². The second kappa shape index (κ2) is 6.29. The zero-order valence-electron chi connectivity index (χ0n) is 12.9. The second-order valence-corrected chi connectivity index (χ2v) is 8.36. The number of benzene rings is 2. The van der Waals surface area contributed by atoms with Gasteiger partial charge in [-0.05, 0) is 0 Å². The molecule has 0 aromatic heterocycles. The van der Waals surface area contributed by atoms with E-state index in [0.717, 1.165) is 24.3 Å². The fourth-order valence-corrected chi connectivity index (χ4v) is 2.89. The van der Waals surface area contributed by atoms with Crippen LogP contribution in [0.1, 0.15) is 10.4 Å². The monoisotopic (exact) mass is 474 g/mol. The van der Waals surface area contributed by atoms with Gasteiger partial charge in [-0.25, -0.2) is 0 Å². The number of rotatable bonds is 4. The van der Waals surface area contributed by atoms with E-state index in [-0.39, 0.29) is 33.8 Å². The number of hydrogen-bond donors (Lipinski definition) is 1. The number of nitro benzene ring substituents is 1. The van der Waals surface area contributed by atoms with Crippen molar-refractivity contribution in [3.63, 3.8) is 0 Å². The van der Waals surface area contributed by atoms with Gasteiger partial charge in [0, 0.05) is 0 Å². The number of aliphatic imine (C=N–C) groups is 1. The summed E-state index contributed by atoms with van der Waals surface area (Å²) in [6, 6.07) is 6.48. The quantitative estimate of drug-likeness (QED) is 0.172. The average molecular weight is 473 g/mol. The Morgan fingerprint density at radius 2 is 1.52 bits per heavy atom. The van der Waals surface area contributed by atoms with Gasteiger partial charge in [-0.2, -0.15) is 0 Å². The number of nitro groups is 1. The minimum absolute atomic E-state index is 0.0693. The summed E-state index contributed by atoms with van der Waals surface area (Å²) in [4.78, 5) is 23.6. The third kappa shape index (κ3) is 5.74. The van der Waals surface area contributed by atoms with E-state index in [2.05, 4.69) is 26.3 Å². The van der Waals surface area contributed by atoms with Crippen molar-refractivity contribution >= 4 is 48.3 Å². The molecule has 0 saturated heterocycles. The Hall–Kier alpha value is -2.50. The van der Waals surface area contributed by atoms with Crippen LogP contribution < -0.4 is 5.32 Å². The number of hydrogen-bond acceptors (Lipinski definition) is 4. The van der Waals surface area contributed by atoms with Crippen molar-refractivity contribution in [2.75, 3.05) is 0 Å². The van der Waals surface area contributed by atoms with Crippen molar-refractivity contribution in [3.8, 4) is 0 Å². The summed E-state index contributed by atoms with van der Waals surface area (Å²) >= 11 is 2.36. The van der Waals surface area contributed by atoms with Gasteiger partial charge in [-0.1, -0.05) is 0 Å². The number of halogens is 5. The predicted octanol–water partition coefficient (Wildman–Crippen LogP) is 4.84. The van der Waals surface area contributed by atoms with Crippen molar-refractivity contribution in [3.05, 3.63) is 64.2 Å². The summed E-state index contributed by atoms with van der Waals surface area (Å²) in [5.74, 6) is -0.689. The number of nitrogens with zero attached hydrogens (tertiary/aromatic N) is 2. The molecule has 2 aromatic carbocycles. The SMILES string of the molecule is O=C(NC([Se])=Nc1ccc(S(F)(F)(F)(F)F)cc1)c1ccc([N+](=O)[O-])cc1. The fraction of sp³-hybridized carbons (Fsp3) is 0. The van der Waals surface area contributed by atoms with Crippen LogP contribution in [0.15, 0.2) is 58.4 Å². The van der Waals surface area contributed by atoms with Crippen LogP contribution in [0.25, 0.3) is 0 Å². The molecule has 13 heteroatoms. The molecule has 1 radical (unpaired) electrons. The Labute approximate surface area is 157 Å². The number of carbonyl (C=O) groups excluding carboxylic acids is 1. The van der Waals surface area contributed by atoms with Crippen molar-refractivity contribution in [1.29, 1.82) is 0 Å². The number of carbonyl (C=O) groups is 1. The van der Waals surface area contributed by atoms with Gasteiger partial charge in [-0.3, -0.25) is 0 Å². The predicted molar refractivity (Wildman–Crippen MR) is 91.3 cm³/mol. The maximum absolute atomic E-state index is 12.6. The van der Waals surface area contributed by atoms with E-state index in [1.807, 2.05) is 0 Å². The van der Waals surface area contributed by atoms with Crippen LogP contribution in [-0.4, -0.2) is 31.6 Å². The fourth-order valence-electron chi connectivity index (χ4n) is 1.83. The van der Waals surface area contributed by atoms with E-state index in [9.17, 15) is 34.3 Å². The molecule has 0 spiro atoms. The van der Waals surface area contributed by atoms with E-state index >= 15 is 0 Å². The summed E-state index contributed by atoms with van der Waals surface area (Å²) in [7, 11) is -9.76. The van der Waals surface area contributed by atoms with Crippen molar-refractivity contribution in [1.82, 2.24) is 5.32 Å². The summed E-state index contributed by atoms with van der Waals surface area (Å²) in [6.07, 6.45) is 0. The number of amidine groups is 1. The van der Waals surface area contributed by atoms with E-state index in [0.29, 0.717) is 0 Å². The molecule has 6 nitrogen and oxygen atoms in total. The van der Waals surface area contributed by atoms with Crippen LogP contribution in [0.3, 0.4) is 0 Å². The molecule has 0 heterocycles. The summed E-state index contributed by atoms with van der Waals surface area (Å²) in [5, 5.41) is 12.8. The van der Waals surface area contributed by atoms with E-state index in [1.165, 1.54) is 12.1 Å². The van der Waals surface area contributed by atoms with E-state index < -0.39 is 26.0 Å². The maximum atomic E-state index is 12.6. The molecular formula is C14H9F5N3O3SSe. The van der Waals surface area contributed by atoms with Crippen molar-refractivity contribution in [2.45, 2.75) is 4.90 Å². The number of nitrogens with one attached hydrogen (secondary N) is 1. The Morgan fingerprint density at radius 3 is 1.96 bits per heavy atom. The van der Waals surface area contributed by atoms with Crippen LogP contribution in [0.5, 0.6) is 0 Å². The summed E-state index contributed by atoms with van der Waals surface area (Å²) in [5.41, 5.74) is -0.259. The molecule has 0 aliphatic carbocycles. The van der Waals surface area contributed by atoms with Gasteiger partial charge in [0.15, 0.2) is 0 Å². The number of amides is 1. The Morgan fingerprint density at radius 1 is 1.00 bits per heavy atom. The average Bonchev–Trinajstić information content (AvgIpc) is 2.53. The van der Waals surface area contributed by atoms with Crippen LogP contribution in [-0.2, 0) is 0 Å². The molecule has 0 bridgehead atoms. The minimum atomic E-state index is -9.76. The molecule has 2 rings (SSSR count). The molecule has 1 amide bonds. The van der Waals surface area contributed by atoms with Gasteiger partial charge in [0.2, 0.25) is 0 Å². The molecule has 145 valence electrons. The molecule has 0 fully saturated rings. The first kappa shape index (κ1) is 20.8. The number of non-ortho nitro benzene ring substituents is 1. The first-order chi connectivity index (χ1) is 12.2. The molecule has 2 aromatic rings. The molecule has 1 N–H and O–H groups in total. The van der Waals surface area contributed by atoms with Gasteiger partial charge >= 0.3 is 157 Å². The van der Waals surface area contributed by atoms with Crippen LogP contribution >= 0.6 is 10.2 Å². The third-order valence-corrected chi connectivity index (χ3v) is 4.64. The molecule has 0 saturated carbocycles. The van der Waals surface area contributed by atoms with Crippen LogP contribution in [0, 0.1) is 10.1 Å². The summed E-state index contributed by atoms with van der Waals surface area (Å²) in [6.45, 7) is 0. The Bertz CT molecular complexity index is 932. The Balaban J connectivity index is 2.13. The first-order valence-electron chi connectivity index (χ1n) is 6.81. The third-order valence-electron chi connectivity index (χ3n) is 3.07. The van der Waals surface area contributed by atoms with Gasteiger partial charge in [-0.15, -0.1) is 0 Å². The van der Waals surface area contributed by atoms with E-state index in [4.69, 9.17) is 0 Å². The standard InChI is InChI=1S/C14H9F5N3O3SSe/c15-26(16,17,18,19)12-7-3-10(4-8-12)20-14(27)21-13(23)9-1-5-11(6-2-9)22(24)25/h1-8H,(H,20,21,23). The molecule has 0 aliphatic heterocycles. The second-order valence-electron chi connectivity index (χ2n) is 5.14. The molecule has 0 unspecified atom stereocenters. The van der Waals surface area contributed by atoms with Gasteiger partial charge in [0.05, 0.1) is 0 Å².